The Bertz CT molecular complexity index is 1430. The van der Waals surface area contributed by atoms with Gasteiger partial charge in [-0.3, -0.25) is 14.4 Å². The highest BCUT2D eigenvalue weighted by molar-refractivity contribution is 5.71. The smallest absolute Gasteiger partial charge is 0.306 e. The second-order valence-corrected chi connectivity index (χ2v) is 19.9. The predicted molar refractivity (Wildman–Crippen MR) is 311 cm³/mol. The molecule has 0 saturated heterocycles. The van der Waals surface area contributed by atoms with Crippen molar-refractivity contribution in [2.45, 2.75) is 290 Å². The van der Waals surface area contributed by atoms with Crippen molar-refractivity contribution in [3.8, 4) is 0 Å². The van der Waals surface area contributed by atoms with Crippen LogP contribution in [0.4, 0.5) is 0 Å². The summed E-state index contributed by atoms with van der Waals surface area (Å²) in [5, 5.41) is 0. The molecule has 1 unspecified atom stereocenters. The Morgan fingerprint density at radius 3 is 0.847 bits per heavy atom. The molecule has 0 aromatic carbocycles. The molecule has 6 nitrogen and oxygen atoms in total. The summed E-state index contributed by atoms with van der Waals surface area (Å²) in [5.41, 5.74) is 0. The Kier molecular flexibility index (Phi) is 56.8. The zero-order valence-corrected chi connectivity index (χ0v) is 47.2. The first-order valence-electron chi connectivity index (χ1n) is 30.2. The van der Waals surface area contributed by atoms with E-state index in [9.17, 15) is 14.4 Å². The summed E-state index contributed by atoms with van der Waals surface area (Å²) in [6, 6.07) is 0. The van der Waals surface area contributed by atoms with Crippen LogP contribution in [0.15, 0.2) is 97.2 Å². The zero-order valence-electron chi connectivity index (χ0n) is 47.2. The van der Waals surface area contributed by atoms with Gasteiger partial charge in [0.15, 0.2) is 6.10 Å². The van der Waals surface area contributed by atoms with Gasteiger partial charge in [-0.05, 0) is 96.3 Å². The minimum atomic E-state index is -0.792. The normalized spacial score (nSPS) is 12.8. The first-order valence-corrected chi connectivity index (χ1v) is 30.2. The van der Waals surface area contributed by atoms with E-state index in [1.807, 2.05) is 0 Å². The van der Waals surface area contributed by atoms with Gasteiger partial charge in [0.2, 0.25) is 0 Å². The lowest BCUT2D eigenvalue weighted by molar-refractivity contribution is -0.167. The minimum absolute atomic E-state index is 0.0867. The maximum absolute atomic E-state index is 12.9. The van der Waals surface area contributed by atoms with Crippen molar-refractivity contribution in [2.75, 3.05) is 13.2 Å². The van der Waals surface area contributed by atoms with Gasteiger partial charge in [0.25, 0.3) is 0 Å². The van der Waals surface area contributed by atoms with E-state index in [1.165, 1.54) is 122 Å². The summed E-state index contributed by atoms with van der Waals surface area (Å²) in [5.74, 6) is -0.907. The summed E-state index contributed by atoms with van der Waals surface area (Å²) in [6.45, 7) is 6.41. The number of esters is 3. The fraction of sp³-hybridized carbons (Fsp3) is 0.712. The van der Waals surface area contributed by atoms with Crippen molar-refractivity contribution in [2.24, 2.45) is 0 Å². The van der Waals surface area contributed by atoms with Crippen LogP contribution in [0.2, 0.25) is 0 Å². The maximum Gasteiger partial charge on any atom is 0.306 e. The van der Waals surface area contributed by atoms with Gasteiger partial charge < -0.3 is 14.2 Å². The Hall–Kier alpha value is -3.67. The minimum Gasteiger partial charge on any atom is -0.462 e. The highest BCUT2D eigenvalue weighted by atomic mass is 16.6. The largest absolute Gasteiger partial charge is 0.462 e. The molecule has 0 aromatic rings. The molecule has 0 heterocycles. The van der Waals surface area contributed by atoms with Crippen LogP contribution in [0.25, 0.3) is 0 Å². The molecular weight excluding hydrogens is 889 g/mol. The van der Waals surface area contributed by atoms with Gasteiger partial charge in [0, 0.05) is 19.3 Å². The van der Waals surface area contributed by atoms with E-state index in [-0.39, 0.29) is 31.1 Å². The SMILES string of the molecule is CC/C=C\C/C=C\C/C=C\C/C=C\CCCCCCCCCCCCC(=O)OCC(COC(=O)CCCCCCCCCCCCCCCC)OC(=O)CCCCCC/C=C\C/C=C\C/C=C\C/C=C\CC. The molecule has 72 heavy (non-hydrogen) atoms. The molecule has 0 aromatic heterocycles. The van der Waals surface area contributed by atoms with Gasteiger partial charge in [0.1, 0.15) is 13.2 Å². The van der Waals surface area contributed by atoms with E-state index in [1.54, 1.807) is 0 Å². The monoisotopic (exact) mass is 1000 g/mol. The molecular formula is C66H112O6. The Labute approximate surface area is 445 Å². The second kappa shape index (κ2) is 59.9. The average Bonchev–Trinajstić information content (AvgIpc) is 3.38. The number of rotatable bonds is 54. The lowest BCUT2D eigenvalue weighted by atomic mass is 10.0. The molecule has 0 saturated carbocycles. The van der Waals surface area contributed by atoms with Crippen molar-refractivity contribution >= 4 is 17.9 Å². The Balaban J connectivity index is 4.38. The van der Waals surface area contributed by atoms with Gasteiger partial charge in [-0.15, -0.1) is 0 Å². The summed E-state index contributed by atoms with van der Waals surface area (Å²) in [7, 11) is 0. The quantitative estimate of drug-likeness (QED) is 0.0261. The number of hydrogen-bond acceptors (Lipinski definition) is 6. The van der Waals surface area contributed by atoms with E-state index in [4.69, 9.17) is 14.2 Å². The molecule has 0 rings (SSSR count). The molecule has 0 aliphatic heterocycles. The third-order valence-corrected chi connectivity index (χ3v) is 12.8. The zero-order chi connectivity index (χ0) is 52.2. The Morgan fingerprint density at radius 2 is 0.542 bits per heavy atom. The van der Waals surface area contributed by atoms with E-state index >= 15 is 0 Å². The van der Waals surface area contributed by atoms with E-state index in [2.05, 4.69) is 118 Å². The van der Waals surface area contributed by atoms with Crippen molar-refractivity contribution in [1.82, 2.24) is 0 Å². The lowest BCUT2D eigenvalue weighted by Gasteiger charge is -2.18. The lowest BCUT2D eigenvalue weighted by Crippen LogP contribution is -2.30. The summed E-state index contributed by atoms with van der Waals surface area (Å²) >= 11 is 0. The van der Waals surface area contributed by atoms with Crippen LogP contribution in [0, 0.1) is 0 Å². The van der Waals surface area contributed by atoms with Gasteiger partial charge in [-0.2, -0.15) is 0 Å². The molecule has 0 amide bonds. The summed E-state index contributed by atoms with van der Waals surface area (Å²) in [4.78, 5) is 38.2. The highest BCUT2D eigenvalue weighted by Gasteiger charge is 2.19. The topological polar surface area (TPSA) is 78.9 Å². The standard InChI is InChI=1S/C66H112O6/c1-4-7-10-13-16-19-22-25-28-30-31-32-33-34-35-37-38-41-44-47-50-53-56-59-65(68)71-62-63(61-70-64(67)58-55-52-49-46-43-40-27-24-21-18-15-12-9-6-3)72-66(69)60-57-54-51-48-45-42-39-36-29-26-23-20-17-14-11-8-5-2/h7-8,10-11,16-17,19-20,25-26,28-29,31-32,39,42,63H,4-6,9,12-15,18,21-24,27,30,33-38,40-41,43-62H2,1-3H3/b10-7-,11-8-,19-16-,20-17-,28-25-,29-26-,32-31-,42-39-. The maximum atomic E-state index is 12.9. The number of hydrogen-bond donors (Lipinski definition) is 0. The molecule has 1 atom stereocenters. The number of ether oxygens (including phenoxy) is 3. The van der Waals surface area contributed by atoms with Crippen LogP contribution < -0.4 is 0 Å². The average molecular weight is 1000 g/mol. The van der Waals surface area contributed by atoms with Crippen LogP contribution in [0.1, 0.15) is 284 Å². The highest BCUT2D eigenvalue weighted by Crippen LogP contribution is 2.16. The van der Waals surface area contributed by atoms with Crippen molar-refractivity contribution in [3.05, 3.63) is 97.2 Å². The van der Waals surface area contributed by atoms with Crippen LogP contribution in [0.3, 0.4) is 0 Å². The molecule has 0 spiro atoms. The molecule has 412 valence electrons. The van der Waals surface area contributed by atoms with E-state index in [0.29, 0.717) is 19.3 Å². The molecule has 0 fully saturated rings. The van der Waals surface area contributed by atoms with Crippen molar-refractivity contribution in [1.29, 1.82) is 0 Å². The van der Waals surface area contributed by atoms with Crippen LogP contribution in [-0.2, 0) is 28.6 Å². The molecule has 6 heteroatoms. The van der Waals surface area contributed by atoms with E-state index < -0.39 is 6.10 Å². The molecule has 0 N–H and O–H groups in total. The Morgan fingerprint density at radius 1 is 0.292 bits per heavy atom. The van der Waals surface area contributed by atoms with Crippen LogP contribution in [0.5, 0.6) is 0 Å². The fourth-order valence-electron chi connectivity index (χ4n) is 8.37. The first-order chi connectivity index (χ1) is 35.5. The van der Waals surface area contributed by atoms with Crippen molar-refractivity contribution in [3.63, 3.8) is 0 Å². The molecule has 0 aliphatic rings. The third kappa shape index (κ3) is 57.2. The number of carbonyl (C=O) groups is 3. The van der Waals surface area contributed by atoms with Gasteiger partial charge in [-0.25, -0.2) is 0 Å². The first kappa shape index (κ1) is 68.3. The molecule has 0 radical (unpaired) electrons. The van der Waals surface area contributed by atoms with Crippen molar-refractivity contribution < 1.29 is 28.6 Å². The van der Waals surface area contributed by atoms with Gasteiger partial charge >= 0.3 is 17.9 Å². The molecule has 0 bridgehead atoms. The van der Waals surface area contributed by atoms with Crippen LogP contribution in [-0.4, -0.2) is 37.2 Å². The summed E-state index contributed by atoms with van der Waals surface area (Å²) < 4.78 is 16.9. The molecule has 0 aliphatic carbocycles. The second-order valence-electron chi connectivity index (χ2n) is 19.9. The van der Waals surface area contributed by atoms with Gasteiger partial charge in [-0.1, -0.05) is 266 Å². The van der Waals surface area contributed by atoms with Gasteiger partial charge in [0.05, 0.1) is 0 Å². The number of allylic oxidation sites excluding steroid dienone is 16. The number of unbranched alkanes of at least 4 members (excludes halogenated alkanes) is 27. The fourth-order valence-corrected chi connectivity index (χ4v) is 8.37. The predicted octanol–water partition coefficient (Wildman–Crippen LogP) is 20.5. The third-order valence-electron chi connectivity index (χ3n) is 12.8. The van der Waals surface area contributed by atoms with E-state index in [0.717, 1.165) is 122 Å². The van der Waals surface area contributed by atoms with Crippen LogP contribution >= 0.6 is 0 Å². The number of carbonyl (C=O) groups excluding carboxylic acids is 3. The summed E-state index contributed by atoms with van der Waals surface area (Å²) in [6.07, 6.45) is 79.7.